The summed E-state index contributed by atoms with van der Waals surface area (Å²) in [4.78, 5) is 6.19. The summed E-state index contributed by atoms with van der Waals surface area (Å²) >= 11 is 0. The Balaban J connectivity index is -0.0000000720. The Morgan fingerprint density at radius 2 is 0.500 bits per heavy atom. The van der Waals surface area contributed by atoms with Gasteiger partial charge in [0.1, 0.15) is 0 Å². The van der Waals surface area contributed by atoms with Crippen molar-refractivity contribution in [3.63, 3.8) is 0 Å². The van der Waals surface area contributed by atoms with Gasteiger partial charge in [-0.15, -0.1) is 0 Å². The number of nitrogens with zero attached hydrogens (tertiary/aromatic N) is 6. The van der Waals surface area contributed by atoms with Crippen LogP contribution in [0.1, 0.15) is 0 Å². The minimum Gasteiger partial charge on any atom is 1.00 e. The molecular formula is C6FeK5N6. The second kappa shape index (κ2) is 14.9. The maximum atomic E-state index is 8.58. The third-order valence-electron chi connectivity index (χ3n) is 1.19. The van der Waals surface area contributed by atoms with Gasteiger partial charge < -0.3 is 0 Å². The van der Waals surface area contributed by atoms with Gasteiger partial charge in [0.15, 0.2) is 0 Å². The maximum absolute atomic E-state index is 8.58. The summed E-state index contributed by atoms with van der Waals surface area (Å²) in [5.74, 6) is 0. The molecule has 18 heavy (non-hydrogen) atoms. The van der Waals surface area contributed by atoms with Crippen LogP contribution in [0.5, 0.6) is 0 Å². The van der Waals surface area contributed by atoms with Crippen molar-refractivity contribution in [1.29, 1.82) is 31.6 Å². The molecule has 0 radical (unpaired) electrons. The third-order valence-corrected chi connectivity index (χ3v) is 4.89. The van der Waals surface area contributed by atoms with Crippen LogP contribution in [0.25, 0.3) is 0 Å². The second-order valence-corrected chi connectivity index (χ2v) is 7.42. The van der Waals surface area contributed by atoms with Crippen molar-refractivity contribution in [2.24, 2.45) is 0 Å². The van der Waals surface area contributed by atoms with E-state index in [1.54, 1.807) is 0 Å². The van der Waals surface area contributed by atoms with Gasteiger partial charge in [0, 0.05) is 0 Å². The molecule has 0 N–H and O–H groups in total. The fourth-order valence-electron chi connectivity index (χ4n) is 0.265. The van der Waals surface area contributed by atoms with E-state index in [0.29, 0.717) is 0 Å². The van der Waals surface area contributed by atoms with E-state index >= 15 is 0 Å². The topological polar surface area (TPSA) is 143 Å². The molecule has 6 nitrogen and oxygen atoms in total. The van der Waals surface area contributed by atoms with Gasteiger partial charge in [-0.2, -0.15) is 0 Å². The number of rotatable bonds is 0. The van der Waals surface area contributed by atoms with Crippen LogP contribution < -0.4 is 257 Å². The molecule has 12 heteroatoms. The summed E-state index contributed by atoms with van der Waals surface area (Å²) < 4.78 is 0. The molecule has 0 aromatic carbocycles. The fraction of sp³-hybridized carbons (Fsp3) is 0. The Morgan fingerprint density at radius 3 is 0.500 bits per heavy atom. The van der Waals surface area contributed by atoms with Crippen molar-refractivity contribution in [2.45, 2.75) is 0 Å². The van der Waals surface area contributed by atoms with E-state index in [0.717, 1.165) is 29.8 Å². The predicted molar refractivity (Wildman–Crippen MR) is 33.7 cm³/mol. The standard InChI is InChI=1S/6CN.Fe.5K/c6*1-2;;;;;;/q;;;;;;-5;5*+1. The fourth-order valence-corrected chi connectivity index (χ4v) is 1.09. The van der Waals surface area contributed by atoms with Crippen LogP contribution >= 0.6 is 0 Å². The van der Waals surface area contributed by atoms with E-state index in [9.17, 15) is 0 Å². The SMILES string of the molecule is N#[C][Fe-5]([C]#N)([C]#N)([C]#N)([C]#N)[C]#N.[K+].[K+].[K+].[K+].[K+]. The van der Waals surface area contributed by atoms with Crippen LogP contribution in [0.4, 0.5) is 0 Å². The normalized spacial score (nSPS) is 9.67. The predicted octanol–water partition coefficient (Wildman–Crippen LogP) is -14.9. The van der Waals surface area contributed by atoms with E-state index in [2.05, 4.69) is 0 Å². The molecule has 0 spiro atoms. The Bertz CT molecular complexity index is 402. The van der Waals surface area contributed by atoms with Crippen LogP contribution in [0.3, 0.4) is 0 Å². The summed E-state index contributed by atoms with van der Waals surface area (Å²) in [5.41, 5.74) is 0. The van der Waals surface area contributed by atoms with Crippen LogP contribution in [0.15, 0.2) is 0 Å². The number of hydrogen-bond acceptors (Lipinski definition) is 6. The average molecular weight is 407 g/mol. The first-order chi connectivity index (χ1) is 5.97. The zero-order valence-corrected chi connectivity index (χ0v) is 27.8. The number of hydrogen-bond donors (Lipinski definition) is 0. The molecule has 0 amide bonds. The first-order valence-electron chi connectivity index (χ1n) is 2.40. The van der Waals surface area contributed by atoms with Crippen LogP contribution in [0, 0.1) is 61.4 Å². The average Bonchev–Trinajstić information content (AvgIpc) is 2.26. The molecule has 0 aliphatic heterocycles. The van der Waals surface area contributed by atoms with E-state index < -0.39 is 10.7 Å². The molecule has 0 fully saturated rings. The first-order valence-corrected chi connectivity index (χ1v) is 5.71. The van der Waals surface area contributed by atoms with Crippen molar-refractivity contribution in [1.82, 2.24) is 0 Å². The van der Waals surface area contributed by atoms with Crippen molar-refractivity contribution in [2.75, 3.05) is 0 Å². The second-order valence-electron chi connectivity index (χ2n) is 1.80. The Hall–Kier alpha value is 5.64. The van der Waals surface area contributed by atoms with Crippen molar-refractivity contribution in [3.8, 4) is 29.8 Å². The summed E-state index contributed by atoms with van der Waals surface area (Å²) in [6.07, 6.45) is 0. The van der Waals surface area contributed by atoms with Crippen molar-refractivity contribution >= 4 is 0 Å². The monoisotopic (exact) mass is 407 g/mol. The molecule has 0 aliphatic carbocycles. The summed E-state index contributed by atoms with van der Waals surface area (Å²) in [7, 11) is -6.17. The summed E-state index contributed by atoms with van der Waals surface area (Å²) in [6.45, 7) is 0. The molecule has 0 heterocycles. The van der Waals surface area contributed by atoms with Crippen molar-refractivity contribution < 1.29 is 268 Å². The zero-order valence-electron chi connectivity index (χ0n) is 11.0. The largest absolute Gasteiger partial charge is 1.00 e. The molecule has 0 bridgehead atoms. The van der Waals surface area contributed by atoms with E-state index in [1.165, 1.54) is 0 Å². The minimum atomic E-state index is -6.17. The van der Waals surface area contributed by atoms with Gasteiger partial charge in [0.2, 0.25) is 0 Å². The maximum Gasteiger partial charge on any atom is 1.00 e. The van der Waals surface area contributed by atoms with Gasteiger partial charge >= 0.3 is 329 Å². The van der Waals surface area contributed by atoms with Crippen LogP contribution in [-0.2, 0) is 10.7 Å². The Kier molecular flexibility index (Phi) is 32.3. The molecule has 0 aromatic heterocycles. The molecule has 0 unspecified atom stereocenters. The summed E-state index contributed by atoms with van der Waals surface area (Å²) in [5, 5.41) is 51.5. The number of nitriles is 6. The van der Waals surface area contributed by atoms with Gasteiger partial charge in [-0.3, -0.25) is 0 Å². The van der Waals surface area contributed by atoms with Gasteiger partial charge in [-0.25, -0.2) is 0 Å². The first kappa shape index (κ1) is 38.9. The molecular weight excluding hydrogens is 407 g/mol. The smallest absolute Gasteiger partial charge is 1.00 e. The molecule has 0 saturated carbocycles. The summed E-state index contributed by atoms with van der Waals surface area (Å²) in [6, 6.07) is 0. The molecule has 0 atom stereocenters. The molecule has 67 valence electrons. The third kappa shape index (κ3) is 7.26. The van der Waals surface area contributed by atoms with E-state index in [4.69, 9.17) is 31.6 Å². The van der Waals surface area contributed by atoms with Gasteiger partial charge in [0.25, 0.3) is 0 Å². The van der Waals surface area contributed by atoms with Crippen LogP contribution in [-0.4, -0.2) is 0 Å². The van der Waals surface area contributed by atoms with Crippen LogP contribution in [0.2, 0.25) is 0 Å². The minimum absolute atomic E-state index is 0. The Labute approximate surface area is 317 Å². The molecule has 0 aromatic rings. The molecule has 0 aliphatic rings. The quantitative estimate of drug-likeness (QED) is 0.365. The van der Waals surface area contributed by atoms with Crippen molar-refractivity contribution in [3.05, 3.63) is 0 Å². The Morgan fingerprint density at radius 1 is 0.389 bits per heavy atom. The van der Waals surface area contributed by atoms with Gasteiger partial charge in [-0.05, 0) is 0 Å². The van der Waals surface area contributed by atoms with E-state index in [1.807, 2.05) is 0 Å². The van der Waals surface area contributed by atoms with E-state index in [-0.39, 0.29) is 257 Å². The zero-order chi connectivity index (χ0) is 10.7. The molecule has 0 rings (SSSR count). The van der Waals surface area contributed by atoms with Gasteiger partial charge in [0.05, 0.1) is 0 Å². The van der Waals surface area contributed by atoms with Gasteiger partial charge in [-0.1, -0.05) is 0 Å². The molecule has 0 saturated heterocycles.